The fraction of sp³-hybridized carbons (Fsp3) is 0.462. The number of amides is 1. The van der Waals surface area contributed by atoms with Gasteiger partial charge in [0.15, 0.2) is 0 Å². The first-order valence-corrected chi connectivity index (χ1v) is 5.77. The zero-order valence-corrected chi connectivity index (χ0v) is 10.4. The standard InChI is InChI=1S/C13H17N3O/c1-4-5-9(2)15-13(17)12-7-6-11(8-14)10(3)16-12/h6-7,9H,4-5H2,1-3H3,(H,15,17)/t9-/m1/s1. The third-order valence-corrected chi connectivity index (χ3v) is 2.54. The molecule has 1 aromatic rings. The maximum Gasteiger partial charge on any atom is 0.270 e. The van der Waals surface area contributed by atoms with Crippen LogP contribution >= 0.6 is 0 Å². The summed E-state index contributed by atoms with van der Waals surface area (Å²) in [6, 6.07) is 5.38. The highest BCUT2D eigenvalue weighted by Gasteiger charge is 2.11. The molecule has 0 bridgehead atoms. The summed E-state index contributed by atoms with van der Waals surface area (Å²) < 4.78 is 0. The number of carbonyl (C=O) groups excluding carboxylic acids is 1. The summed E-state index contributed by atoms with van der Waals surface area (Å²) >= 11 is 0. The number of carbonyl (C=O) groups is 1. The molecular formula is C13H17N3O. The summed E-state index contributed by atoms with van der Waals surface area (Å²) in [4.78, 5) is 15.9. The van der Waals surface area contributed by atoms with Gasteiger partial charge in [0, 0.05) is 6.04 Å². The topological polar surface area (TPSA) is 65.8 Å². The van der Waals surface area contributed by atoms with Crippen LogP contribution in [-0.4, -0.2) is 16.9 Å². The molecule has 90 valence electrons. The van der Waals surface area contributed by atoms with Crippen LogP contribution in [0.2, 0.25) is 0 Å². The molecule has 0 unspecified atom stereocenters. The van der Waals surface area contributed by atoms with Crippen molar-refractivity contribution in [2.45, 2.75) is 39.7 Å². The van der Waals surface area contributed by atoms with Crippen molar-refractivity contribution in [2.75, 3.05) is 0 Å². The summed E-state index contributed by atoms with van der Waals surface area (Å²) in [5, 5.41) is 11.7. The molecule has 1 rings (SSSR count). The van der Waals surface area contributed by atoms with E-state index in [1.807, 2.05) is 13.0 Å². The molecule has 4 heteroatoms. The van der Waals surface area contributed by atoms with Crippen molar-refractivity contribution in [3.05, 3.63) is 29.1 Å². The molecule has 0 saturated carbocycles. The maximum atomic E-state index is 11.8. The molecule has 0 radical (unpaired) electrons. The largest absolute Gasteiger partial charge is 0.348 e. The lowest BCUT2D eigenvalue weighted by molar-refractivity contribution is 0.0933. The molecule has 1 heterocycles. The van der Waals surface area contributed by atoms with Crippen LogP contribution in [0.5, 0.6) is 0 Å². The van der Waals surface area contributed by atoms with Crippen LogP contribution < -0.4 is 5.32 Å². The van der Waals surface area contributed by atoms with Gasteiger partial charge in [-0.05, 0) is 32.4 Å². The first-order valence-electron chi connectivity index (χ1n) is 5.77. The molecule has 1 amide bonds. The Bertz CT molecular complexity index is 448. The number of nitrogens with one attached hydrogen (secondary N) is 1. The zero-order valence-electron chi connectivity index (χ0n) is 10.4. The van der Waals surface area contributed by atoms with E-state index < -0.39 is 0 Å². The lowest BCUT2D eigenvalue weighted by atomic mass is 10.1. The van der Waals surface area contributed by atoms with Crippen molar-refractivity contribution in [1.82, 2.24) is 10.3 Å². The Kier molecular flexibility index (Phi) is 4.65. The van der Waals surface area contributed by atoms with Gasteiger partial charge in [0.1, 0.15) is 11.8 Å². The Balaban J connectivity index is 2.77. The average Bonchev–Trinajstić information content (AvgIpc) is 2.29. The van der Waals surface area contributed by atoms with Gasteiger partial charge in [-0.1, -0.05) is 13.3 Å². The van der Waals surface area contributed by atoms with E-state index in [9.17, 15) is 4.79 Å². The summed E-state index contributed by atoms with van der Waals surface area (Å²) in [6.45, 7) is 5.77. The van der Waals surface area contributed by atoms with E-state index in [0.717, 1.165) is 12.8 Å². The maximum absolute atomic E-state index is 11.8. The van der Waals surface area contributed by atoms with Crippen LogP contribution in [0.25, 0.3) is 0 Å². The number of hydrogen-bond acceptors (Lipinski definition) is 3. The number of aromatic nitrogens is 1. The lowest BCUT2D eigenvalue weighted by Crippen LogP contribution is -2.33. The quantitative estimate of drug-likeness (QED) is 0.863. The molecule has 17 heavy (non-hydrogen) atoms. The predicted molar refractivity (Wildman–Crippen MR) is 65.5 cm³/mol. The van der Waals surface area contributed by atoms with Gasteiger partial charge in [0.05, 0.1) is 11.3 Å². The molecular weight excluding hydrogens is 214 g/mol. The van der Waals surface area contributed by atoms with Gasteiger partial charge in [-0.3, -0.25) is 4.79 Å². The van der Waals surface area contributed by atoms with Crippen molar-refractivity contribution in [1.29, 1.82) is 5.26 Å². The monoisotopic (exact) mass is 231 g/mol. The molecule has 0 aliphatic carbocycles. The van der Waals surface area contributed by atoms with Crippen molar-refractivity contribution in [2.24, 2.45) is 0 Å². The second-order valence-corrected chi connectivity index (χ2v) is 4.10. The molecule has 0 aliphatic rings. The lowest BCUT2D eigenvalue weighted by Gasteiger charge is -2.12. The third-order valence-electron chi connectivity index (χ3n) is 2.54. The molecule has 1 aromatic heterocycles. The van der Waals surface area contributed by atoms with Crippen LogP contribution in [0.1, 0.15) is 48.4 Å². The van der Waals surface area contributed by atoms with Gasteiger partial charge in [-0.2, -0.15) is 5.26 Å². The van der Waals surface area contributed by atoms with Crippen LogP contribution in [0.3, 0.4) is 0 Å². The van der Waals surface area contributed by atoms with Crippen LogP contribution in [0.15, 0.2) is 12.1 Å². The second kappa shape index (κ2) is 6.00. The van der Waals surface area contributed by atoms with E-state index in [1.165, 1.54) is 0 Å². The summed E-state index contributed by atoms with van der Waals surface area (Å²) in [5.74, 6) is -0.182. The van der Waals surface area contributed by atoms with Gasteiger partial charge < -0.3 is 5.32 Å². The minimum atomic E-state index is -0.182. The number of nitriles is 1. The second-order valence-electron chi connectivity index (χ2n) is 4.10. The highest BCUT2D eigenvalue weighted by molar-refractivity contribution is 5.92. The Hall–Kier alpha value is -1.89. The third kappa shape index (κ3) is 3.56. The van der Waals surface area contributed by atoms with Gasteiger partial charge >= 0.3 is 0 Å². The minimum absolute atomic E-state index is 0.144. The first kappa shape index (κ1) is 13.2. The summed E-state index contributed by atoms with van der Waals surface area (Å²) in [7, 11) is 0. The Morgan fingerprint density at radius 1 is 1.59 bits per heavy atom. The predicted octanol–water partition coefficient (Wildman–Crippen LogP) is 2.18. The average molecular weight is 231 g/mol. The van der Waals surface area contributed by atoms with Crippen LogP contribution in [-0.2, 0) is 0 Å². The van der Waals surface area contributed by atoms with E-state index >= 15 is 0 Å². The number of hydrogen-bond donors (Lipinski definition) is 1. The Labute approximate surface area is 102 Å². The van der Waals surface area contributed by atoms with Crippen molar-refractivity contribution < 1.29 is 4.79 Å². The van der Waals surface area contributed by atoms with Gasteiger partial charge in [-0.25, -0.2) is 4.98 Å². The number of nitrogens with zero attached hydrogens (tertiary/aromatic N) is 2. The van der Waals surface area contributed by atoms with Crippen LogP contribution in [0, 0.1) is 18.3 Å². The normalized spacial score (nSPS) is 11.6. The van der Waals surface area contributed by atoms with Crippen molar-refractivity contribution in [3.63, 3.8) is 0 Å². The van der Waals surface area contributed by atoms with E-state index in [0.29, 0.717) is 17.0 Å². The molecule has 1 atom stereocenters. The van der Waals surface area contributed by atoms with E-state index in [4.69, 9.17) is 5.26 Å². The number of pyridine rings is 1. The van der Waals surface area contributed by atoms with E-state index in [2.05, 4.69) is 17.2 Å². The molecule has 1 N–H and O–H groups in total. The molecule has 0 fully saturated rings. The van der Waals surface area contributed by atoms with E-state index in [-0.39, 0.29) is 11.9 Å². The molecule has 4 nitrogen and oxygen atoms in total. The fourth-order valence-corrected chi connectivity index (χ4v) is 1.61. The van der Waals surface area contributed by atoms with Gasteiger partial charge in [-0.15, -0.1) is 0 Å². The van der Waals surface area contributed by atoms with Crippen LogP contribution in [0.4, 0.5) is 0 Å². The zero-order chi connectivity index (χ0) is 12.8. The number of rotatable bonds is 4. The fourth-order valence-electron chi connectivity index (χ4n) is 1.61. The highest BCUT2D eigenvalue weighted by atomic mass is 16.1. The van der Waals surface area contributed by atoms with Crippen molar-refractivity contribution >= 4 is 5.91 Å². The van der Waals surface area contributed by atoms with Gasteiger partial charge in [0.2, 0.25) is 0 Å². The highest BCUT2D eigenvalue weighted by Crippen LogP contribution is 2.06. The molecule has 0 spiro atoms. The SMILES string of the molecule is CCC[C@@H](C)NC(=O)c1ccc(C#N)c(C)n1. The Morgan fingerprint density at radius 3 is 2.82 bits per heavy atom. The summed E-state index contributed by atoms with van der Waals surface area (Å²) in [6.07, 6.45) is 1.97. The molecule has 0 aromatic carbocycles. The Morgan fingerprint density at radius 2 is 2.29 bits per heavy atom. The smallest absolute Gasteiger partial charge is 0.270 e. The van der Waals surface area contributed by atoms with E-state index in [1.54, 1.807) is 19.1 Å². The molecule has 0 saturated heterocycles. The summed E-state index contributed by atoms with van der Waals surface area (Å²) in [5.41, 5.74) is 1.45. The molecule has 0 aliphatic heterocycles. The minimum Gasteiger partial charge on any atom is -0.348 e. The van der Waals surface area contributed by atoms with Crippen molar-refractivity contribution in [3.8, 4) is 6.07 Å². The van der Waals surface area contributed by atoms with Gasteiger partial charge in [0.25, 0.3) is 5.91 Å². The first-order chi connectivity index (χ1) is 8.08. The number of aryl methyl sites for hydroxylation is 1.